The molecule has 0 amide bonds. The van der Waals surface area contributed by atoms with Crippen molar-refractivity contribution >= 4 is 44.4 Å². The first-order valence-electron chi connectivity index (χ1n) is 5.09. The molecule has 2 aromatic rings. The van der Waals surface area contributed by atoms with E-state index in [2.05, 4.69) is 20.9 Å². The molecule has 0 aliphatic carbocycles. The van der Waals surface area contributed by atoms with Gasteiger partial charge in [0, 0.05) is 33.0 Å². The highest BCUT2D eigenvalue weighted by Crippen LogP contribution is 2.21. The molecule has 0 aliphatic rings. The van der Waals surface area contributed by atoms with Gasteiger partial charge in [-0.05, 0) is 28.5 Å². The fraction of sp³-hybridized carbons (Fsp3) is 0.273. The molecule has 17 heavy (non-hydrogen) atoms. The highest BCUT2D eigenvalue weighted by molar-refractivity contribution is 9.10. The Morgan fingerprint density at radius 2 is 2.24 bits per heavy atom. The topological polar surface area (TPSA) is 56.0 Å². The molecule has 2 heterocycles. The van der Waals surface area contributed by atoms with Crippen molar-refractivity contribution in [1.82, 2.24) is 4.98 Å². The summed E-state index contributed by atoms with van der Waals surface area (Å²) in [6.07, 6.45) is 1.16. The zero-order chi connectivity index (χ0) is 12.3. The van der Waals surface area contributed by atoms with Gasteiger partial charge in [-0.25, -0.2) is 4.98 Å². The van der Waals surface area contributed by atoms with Gasteiger partial charge in [0.1, 0.15) is 5.69 Å². The van der Waals surface area contributed by atoms with Crippen LogP contribution in [0.15, 0.2) is 21.3 Å². The third-order valence-corrected chi connectivity index (χ3v) is 4.76. The summed E-state index contributed by atoms with van der Waals surface area (Å²) in [5.41, 5.74) is 6.01. The number of aromatic nitrogens is 1. The molecule has 2 N–H and O–H groups in total. The number of hydrogen-bond acceptors (Lipinski definition) is 5. The molecule has 0 atom stereocenters. The van der Waals surface area contributed by atoms with Crippen molar-refractivity contribution in [3.63, 3.8) is 0 Å². The van der Waals surface area contributed by atoms with Crippen LogP contribution in [0.5, 0.6) is 0 Å². The second-order valence-corrected chi connectivity index (χ2v) is 6.35. The molecule has 2 aromatic heterocycles. The van der Waals surface area contributed by atoms with Crippen LogP contribution in [0, 0.1) is 0 Å². The van der Waals surface area contributed by atoms with Crippen molar-refractivity contribution in [2.45, 2.75) is 12.8 Å². The van der Waals surface area contributed by atoms with Crippen molar-refractivity contribution in [2.75, 3.05) is 6.54 Å². The molecule has 0 saturated heterocycles. The lowest BCUT2D eigenvalue weighted by atomic mass is 10.2. The summed E-state index contributed by atoms with van der Waals surface area (Å²) in [6, 6.07) is 1.97. The molecule has 0 aromatic carbocycles. The molecule has 0 unspecified atom stereocenters. The number of thiazole rings is 1. The highest BCUT2D eigenvalue weighted by atomic mass is 79.9. The second kappa shape index (κ2) is 5.86. The van der Waals surface area contributed by atoms with Gasteiger partial charge in [-0.2, -0.15) is 0 Å². The van der Waals surface area contributed by atoms with Crippen LogP contribution in [-0.2, 0) is 12.8 Å². The van der Waals surface area contributed by atoms with Gasteiger partial charge in [-0.3, -0.25) is 4.79 Å². The van der Waals surface area contributed by atoms with Crippen LogP contribution in [0.3, 0.4) is 0 Å². The Bertz CT molecular complexity index is 521. The standard InChI is InChI=1S/C11H11BrN2OS2/c12-7-3-8(16-5-7)4-10(15)9-6-17-11(14-9)1-2-13/h3,5-6H,1-2,4,13H2. The number of thiophene rings is 1. The molecule has 0 fully saturated rings. The van der Waals surface area contributed by atoms with Gasteiger partial charge in [0.15, 0.2) is 5.78 Å². The fourth-order valence-electron chi connectivity index (χ4n) is 1.37. The van der Waals surface area contributed by atoms with Gasteiger partial charge >= 0.3 is 0 Å². The monoisotopic (exact) mass is 330 g/mol. The summed E-state index contributed by atoms with van der Waals surface area (Å²) in [5, 5.41) is 4.72. The number of carbonyl (C=O) groups is 1. The SMILES string of the molecule is NCCc1nc(C(=O)Cc2cc(Br)cs2)cs1. The van der Waals surface area contributed by atoms with E-state index in [1.165, 1.54) is 11.3 Å². The molecule has 6 heteroatoms. The van der Waals surface area contributed by atoms with Gasteiger partial charge in [0.05, 0.1) is 5.01 Å². The Balaban J connectivity index is 2.03. The van der Waals surface area contributed by atoms with E-state index in [9.17, 15) is 4.79 Å². The van der Waals surface area contributed by atoms with Crippen molar-refractivity contribution in [2.24, 2.45) is 5.73 Å². The van der Waals surface area contributed by atoms with E-state index >= 15 is 0 Å². The number of halogens is 1. The molecule has 0 aliphatic heterocycles. The minimum absolute atomic E-state index is 0.0684. The largest absolute Gasteiger partial charge is 0.330 e. The van der Waals surface area contributed by atoms with Crippen LogP contribution in [0.25, 0.3) is 0 Å². The number of carbonyl (C=O) groups excluding carboxylic acids is 1. The summed E-state index contributed by atoms with van der Waals surface area (Å²) in [7, 11) is 0. The van der Waals surface area contributed by atoms with E-state index in [4.69, 9.17) is 5.73 Å². The first-order chi connectivity index (χ1) is 8.19. The highest BCUT2D eigenvalue weighted by Gasteiger charge is 2.12. The maximum atomic E-state index is 11.9. The summed E-state index contributed by atoms with van der Waals surface area (Å²) in [4.78, 5) is 17.3. The van der Waals surface area contributed by atoms with E-state index < -0.39 is 0 Å². The molecule has 0 saturated carbocycles. The normalized spacial score (nSPS) is 10.7. The molecular formula is C11H11BrN2OS2. The number of hydrogen-bond donors (Lipinski definition) is 1. The van der Waals surface area contributed by atoms with Gasteiger partial charge in [-0.15, -0.1) is 22.7 Å². The van der Waals surface area contributed by atoms with Crippen LogP contribution in [0.4, 0.5) is 0 Å². The maximum absolute atomic E-state index is 11.9. The number of rotatable bonds is 5. The number of nitrogens with zero attached hydrogens (tertiary/aromatic N) is 1. The Hall–Kier alpha value is -0.560. The lowest BCUT2D eigenvalue weighted by Gasteiger charge is -1.94. The minimum Gasteiger partial charge on any atom is -0.330 e. The van der Waals surface area contributed by atoms with E-state index in [0.717, 1.165) is 20.8 Å². The Morgan fingerprint density at radius 1 is 1.41 bits per heavy atom. The number of ketones is 1. The van der Waals surface area contributed by atoms with Crippen molar-refractivity contribution in [1.29, 1.82) is 0 Å². The lowest BCUT2D eigenvalue weighted by Crippen LogP contribution is -2.05. The van der Waals surface area contributed by atoms with Crippen molar-refractivity contribution in [3.05, 3.63) is 36.9 Å². The van der Waals surface area contributed by atoms with Crippen LogP contribution in [-0.4, -0.2) is 17.3 Å². The second-order valence-electron chi connectivity index (χ2n) is 3.50. The smallest absolute Gasteiger partial charge is 0.187 e. The first kappa shape index (κ1) is 12.9. The predicted molar refractivity (Wildman–Crippen MR) is 74.9 cm³/mol. The summed E-state index contributed by atoms with van der Waals surface area (Å²) < 4.78 is 1.02. The van der Waals surface area contributed by atoms with Gasteiger partial charge in [0.25, 0.3) is 0 Å². The van der Waals surface area contributed by atoms with Crippen molar-refractivity contribution < 1.29 is 4.79 Å². The van der Waals surface area contributed by atoms with Crippen LogP contribution in [0.2, 0.25) is 0 Å². The Kier molecular flexibility index (Phi) is 4.44. The Labute approximate surface area is 116 Å². The summed E-state index contributed by atoms with van der Waals surface area (Å²) >= 11 is 6.45. The molecule has 0 spiro atoms. The van der Waals surface area contributed by atoms with E-state index in [1.807, 2.05) is 16.8 Å². The summed E-state index contributed by atoms with van der Waals surface area (Å²) in [6.45, 7) is 0.568. The predicted octanol–water partition coefficient (Wildman–Crippen LogP) is 2.89. The fourth-order valence-corrected chi connectivity index (χ4v) is 3.64. The van der Waals surface area contributed by atoms with Crippen LogP contribution in [0.1, 0.15) is 20.4 Å². The van der Waals surface area contributed by atoms with Crippen LogP contribution < -0.4 is 5.73 Å². The van der Waals surface area contributed by atoms with E-state index in [-0.39, 0.29) is 5.78 Å². The Morgan fingerprint density at radius 3 is 2.88 bits per heavy atom. The summed E-state index contributed by atoms with van der Waals surface area (Å²) in [5.74, 6) is 0.0684. The van der Waals surface area contributed by atoms with Gasteiger partial charge in [-0.1, -0.05) is 0 Å². The third-order valence-electron chi connectivity index (χ3n) is 2.15. The third kappa shape index (κ3) is 3.45. The van der Waals surface area contributed by atoms with Gasteiger partial charge < -0.3 is 5.73 Å². The average Bonchev–Trinajstić information content (AvgIpc) is 2.88. The first-order valence-corrected chi connectivity index (χ1v) is 7.65. The van der Waals surface area contributed by atoms with E-state index in [0.29, 0.717) is 18.7 Å². The number of nitrogens with two attached hydrogens (primary N) is 1. The van der Waals surface area contributed by atoms with E-state index in [1.54, 1.807) is 11.3 Å². The number of Topliss-reactive ketones (excluding diaryl/α,β-unsaturated/α-hetero) is 1. The molecule has 90 valence electrons. The molecule has 0 bridgehead atoms. The van der Waals surface area contributed by atoms with Gasteiger partial charge in [0.2, 0.25) is 0 Å². The molecule has 3 nitrogen and oxygen atoms in total. The molecule has 2 rings (SSSR count). The average molecular weight is 331 g/mol. The molecule has 0 radical (unpaired) electrons. The zero-order valence-electron chi connectivity index (χ0n) is 8.98. The maximum Gasteiger partial charge on any atom is 0.187 e. The molecular weight excluding hydrogens is 320 g/mol. The zero-order valence-corrected chi connectivity index (χ0v) is 12.2. The lowest BCUT2D eigenvalue weighted by molar-refractivity contribution is 0.0989. The quantitative estimate of drug-likeness (QED) is 0.857. The van der Waals surface area contributed by atoms with Crippen LogP contribution >= 0.6 is 38.6 Å². The van der Waals surface area contributed by atoms with Crippen molar-refractivity contribution in [3.8, 4) is 0 Å². The minimum atomic E-state index is 0.0684.